The number of hydrogen-bond donors (Lipinski definition) is 1. The quantitative estimate of drug-likeness (QED) is 0.837. The van der Waals surface area contributed by atoms with Crippen LogP contribution >= 0.6 is 11.3 Å². The van der Waals surface area contributed by atoms with Crippen molar-refractivity contribution in [3.63, 3.8) is 0 Å². The normalized spacial score (nSPS) is 24.1. The average Bonchev–Trinajstić information content (AvgIpc) is 3.01. The first-order valence-corrected chi connectivity index (χ1v) is 7.22. The number of aryl methyl sites for hydroxylation is 1. The molecular formula is C13H16N2O2S. The number of rotatable bonds is 4. The molecule has 0 spiro atoms. The van der Waals surface area contributed by atoms with Gasteiger partial charge in [0, 0.05) is 12.6 Å². The molecule has 1 N–H and O–H groups in total. The fourth-order valence-corrected chi connectivity index (χ4v) is 3.18. The van der Waals surface area contributed by atoms with E-state index in [0.29, 0.717) is 13.0 Å². The molecule has 96 valence electrons. The van der Waals surface area contributed by atoms with Gasteiger partial charge in [-0.2, -0.15) is 11.3 Å². The van der Waals surface area contributed by atoms with Crippen LogP contribution in [-0.2, 0) is 16.1 Å². The highest BCUT2D eigenvalue weighted by atomic mass is 32.1. The SMILES string of the molecule is Cc1cscc1CNC1CC(=O)N(C2CC2)C1=O. The fourth-order valence-electron chi connectivity index (χ4n) is 2.33. The number of imide groups is 1. The molecule has 1 atom stereocenters. The second-order valence-corrected chi connectivity index (χ2v) is 5.79. The molecule has 0 radical (unpaired) electrons. The molecule has 1 saturated carbocycles. The highest BCUT2D eigenvalue weighted by Gasteiger charge is 2.45. The lowest BCUT2D eigenvalue weighted by Crippen LogP contribution is -2.39. The molecule has 0 aromatic carbocycles. The Morgan fingerprint density at radius 2 is 2.17 bits per heavy atom. The van der Waals surface area contributed by atoms with Gasteiger partial charge in [0.2, 0.25) is 11.8 Å². The second-order valence-electron chi connectivity index (χ2n) is 5.05. The number of carbonyl (C=O) groups excluding carboxylic acids is 2. The number of nitrogens with zero attached hydrogens (tertiary/aromatic N) is 1. The monoisotopic (exact) mass is 264 g/mol. The molecule has 1 saturated heterocycles. The van der Waals surface area contributed by atoms with Crippen LogP contribution in [0.3, 0.4) is 0 Å². The standard InChI is InChI=1S/C13H16N2O2S/c1-8-6-18-7-9(8)5-14-11-4-12(16)15(13(11)17)10-2-3-10/h6-7,10-11,14H,2-5H2,1H3. The van der Waals surface area contributed by atoms with E-state index in [1.165, 1.54) is 16.0 Å². The van der Waals surface area contributed by atoms with E-state index in [0.717, 1.165) is 12.8 Å². The molecule has 18 heavy (non-hydrogen) atoms. The predicted octanol–water partition coefficient (Wildman–Crippen LogP) is 1.44. The Bertz CT molecular complexity index is 493. The van der Waals surface area contributed by atoms with Gasteiger partial charge in [0.1, 0.15) is 0 Å². The van der Waals surface area contributed by atoms with Crippen LogP contribution in [0.15, 0.2) is 10.8 Å². The van der Waals surface area contributed by atoms with Gasteiger partial charge < -0.3 is 5.32 Å². The molecule has 0 bridgehead atoms. The Kier molecular flexibility index (Phi) is 2.95. The van der Waals surface area contributed by atoms with Gasteiger partial charge in [-0.25, -0.2) is 0 Å². The van der Waals surface area contributed by atoms with Crippen molar-refractivity contribution in [2.24, 2.45) is 0 Å². The zero-order valence-corrected chi connectivity index (χ0v) is 11.1. The van der Waals surface area contributed by atoms with Crippen molar-refractivity contribution in [2.75, 3.05) is 0 Å². The summed E-state index contributed by atoms with van der Waals surface area (Å²) in [6.07, 6.45) is 2.28. The van der Waals surface area contributed by atoms with Crippen LogP contribution in [0.25, 0.3) is 0 Å². The van der Waals surface area contributed by atoms with Gasteiger partial charge in [-0.05, 0) is 41.7 Å². The fraction of sp³-hybridized carbons (Fsp3) is 0.538. The molecule has 1 aliphatic heterocycles. The third-order valence-corrected chi connectivity index (χ3v) is 4.51. The number of likely N-dealkylation sites (tertiary alicyclic amines) is 1. The molecular weight excluding hydrogens is 248 g/mol. The number of hydrogen-bond acceptors (Lipinski definition) is 4. The Morgan fingerprint density at radius 3 is 2.78 bits per heavy atom. The second kappa shape index (κ2) is 4.48. The van der Waals surface area contributed by atoms with E-state index in [2.05, 4.69) is 23.0 Å². The van der Waals surface area contributed by atoms with E-state index in [9.17, 15) is 9.59 Å². The minimum Gasteiger partial charge on any atom is -0.301 e. The van der Waals surface area contributed by atoms with Crippen molar-refractivity contribution in [3.05, 3.63) is 21.9 Å². The van der Waals surface area contributed by atoms with Crippen LogP contribution in [0, 0.1) is 6.92 Å². The van der Waals surface area contributed by atoms with Crippen LogP contribution in [0.1, 0.15) is 30.4 Å². The van der Waals surface area contributed by atoms with E-state index in [1.807, 2.05) is 0 Å². The molecule has 4 nitrogen and oxygen atoms in total. The van der Waals surface area contributed by atoms with Crippen molar-refractivity contribution in [3.8, 4) is 0 Å². The van der Waals surface area contributed by atoms with E-state index >= 15 is 0 Å². The summed E-state index contributed by atoms with van der Waals surface area (Å²) in [7, 11) is 0. The van der Waals surface area contributed by atoms with Crippen LogP contribution < -0.4 is 5.32 Å². The van der Waals surface area contributed by atoms with Gasteiger partial charge in [0.15, 0.2) is 0 Å². The average molecular weight is 264 g/mol. The summed E-state index contributed by atoms with van der Waals surface area (Å²) in [5, 5.41) is 7.39. The van der Waals surface area contributed by atoms with E-state index in [1.54, 1.807) is 11.3 Å². The maximum atomic E-state index is 12.1. The van der Waals surface area contributed by atoms with Gasteiger partial charge in [-0.1, -0.05) is 0 Å². The number of amides is 2. The first kappa shape index (κ1) is 11.9. The van der Waals surface area contributed by atoms with Gasteiger partial charge in [0.05, 0.1) is 12.5 Å². The van der Waals surface area contributed by atoms with Crippen molar-refractivity contribution in [1.82, 2.24) is 10.2 Å². The van der Waals surface area contributed by atoms with Crippen LogP contribution in [0.5, 0.6) is 0 Å². The minimum absolute atomic E-state index is 0.0120. The van der Waals surface area contributed by atoms with Gasteiger partial charge in [-0.15, -0.1) is 0 Å². The van der Waals surface area contributed by atoms with E-state index < -0.39 is 0 Å². The maximum absolute atomic E-state index is 12.1. The molecule has 5 heteroatoms. The molecule has 2 fully saturated rings. The Balaban J connectivity index is 1.62. The summed E-state index contributed by atoms with van der Waals surface area (Å²) in [5.41, 5.74) is 2.45. The zero-order chi connectivity index (χ0) is 12.7. The highest BCUT2D eigenvalue weighted by Crippen LogP contribution is 2.31. The van der Waals surface area contributed by atoms with Crippen molar-refractivity contribution in [2.45, 2.75) is 44.8 Å². The molecule has 2 aliphatic rings. The third-order valence-electron chi connectivity index (χ3n) is 3.60. The highest BCUT2D eigenvalue weighted by molar-refractivity contribution is 7.08. The lowest BCUT2D eigenvalue weighted by molar-refractivity contribution is -0.139. The predicted molar refractivity (Wildman–Crippen MR) is 69.2 cm³/mol. The van der Waals surface area contributed by atoms with E-state index in [4.69, 9.17) is 0 Å². The molecule has 1 aromatic rings. The first-order valence-electron chi connectivity index (χ1n) is 6.28. The molecule has 1 aromatic heterocycles. The summed E-state index contributed by atoms with van der Waals surface area (Å²) in [4.78, 5) is 25.3. The lowest BCUT2D eigenvalue weighted by Gasteiger charge is -2.14. The summed E-state index contributed by atoms with van der Waals surface area (Å²) in [6.45, 7) is 2.73. The Morgan fingerprint density at radius 1 is 1.39 bits per heavy atom. The lowest BCUT2D eigenvalue weighted by atomic mass is 10.2. The largest absolute Gasteiger partial charge is 0.301 e. The number of thiophene rings is 1. The number of nitrogens with one attached hydrogen (secondary N) is 1. The Labute approximate surface area is 110 Å². The first-order chi connectivity index (χ1) is 8.66. The summed E-state index contributed by atoms with van der Waals surface area (Å²) < 4.78 is 0. The Hall–Kier alpha value is -1.20. The maximum Gasteiger partial charge on any atom is 0.247 e. The van der Waals surface area contributed by atoms with E-state index in [-0.39, 0.29) is 23.9 Å². The zero-order valence-electron chi connectivity index (χ0n) is 10.3. The molecule has 2 amide bonds. The molecule has 2 heterocycles. The smallest absolute Gasteiger partial charge is 0.247 e. The van der Waals surface area contributed by atoms with Gasteiger partial charge >= 0.3 is 0 Å². The molecule has 1 aliphatic carbocycles. The molecule has 3 rings (SSSR count). The van der Waals surface area contributed by atoms with Crippen LogP contribution in [0.2, 0.25) is 0 Å². The number of carbonyl (C=O) groups is 2. The summed E-state index contributed by atoms with van der Waals surface area (Å²) in [6, 6.07) is -0.128. The summed E-state index contributed by atoms with van der Waals surface area (Å²) in [5.74, 6) is -0.0441. The third kappa shape index (κ3) is 2.08. The molecule has 1 unspecified atom stereocenters. The van der Waals surface area contributed by atoms with Crippen LogP contribution in [-0.4, -0.2) is 28.8 Å². The minimum atomic E-state index is -0.322. The van der Waals surface area contributed by atoms with Crippen molar-refractivity contribution < 1.29 is 9.59 Å². The van der Waals surface area contributed by atoms with Gasteiger partial charge in [-0.3, -0.25) is 14.5 Å². The van der Waals surface area contributed by atoms with Crippen molar-refractivity contribution >= 4 is 23.2 Å². The topological polar surface area (TPSA) is 49.4 Å². The van der Waals surface area contributed by atoms with Crippen molar-refractivity contribution in [1.29, 1.82) is 0 Å². The summed E-state index contributed by atoms with van der Waals surface area (Å²) >= 11 is 1.66. The van der Waals surface area contributed by atoms with Crippen LogP contribution in [0.4, 0.5) is 0 Å². The van der Waals surface area contributed by atoms with Gasteiger partial charge in [0.25, 0.3) is 0 Å².